The SMILES string of the molecule is O=S(=O)(NCc1ccccc1-n1ccnc1)c1ccccc1. The third-order valence-electron chi connectivity index (χ3n) is 3.28. The molecule has 2 aromatic carbocycles. The first-order chi connectivity index (χ1) is 10.7. The van der Waals surface area contributed by atoms with Crippen LogP contribution in [0.4, 0.5) is 0 Å². The molecule has 0 bridgehead atoms. The zero-order valence-electron chi connectivity index (χ0n) is 11.8. The summed E-state index contributed by atoms with van der Waals surface area (Å²) < 4.78 is 29.0. The minimum atomic E-state index is -3.52. The van der Waals surface area contributed by atoms with E-state index >= 15 is 0 Å². The number of aromatic nitrogens is 2. The molecular formula is C16H15N3O2S. The Balaban J connectivity index is 1.83. The number of hydrogen-bond acceptors (Lipinski definition) is 3. The molecule has 0 saturated heterocycles. The maximum absolute atomic E-state index is 12.3. The lowest BCUT2D eigenvalue weighted by Gasteiger charge is -2.11. The lowest BCUT2D eigenvalue weighted by atomic mass is 10.2. The molecule has 22 heavy (non-hydrogen) atoms. The van der Waals surface area contributed by atoms with Crippen LogP contribution in [0.2, 0.25) is 0 Å². The van der Waals surface area contributed by atoms with Crippen molar-refractivity contribution < 1.29 is 8.42 Å². The fourth-order valence-corrected chi connectivity index (χ4v) is 3.20. The fourth-order valence-electron chi connectivity index (χ4n) is 2.17. The minimum Gasteiger partial charge on any atom is -0.306 e. The van der Waals surface area contributed by atoms with Gasteiger partial charge in [-0.2, -0.15) is 0 Å². The Bertz CT molecular complexity index is 844. The van der Waals surface area contributed by atoms with Crippen LogP contribution in [0.3, 0.4) is 0 Å². The number of benzene rings is 2. The molecule has 0 aliphatic heterocycles. The van der Waals surface area contributed by atoms with Gasteiger partial charge >= 0.3 is 0 Å². The number of sulfonamides is 1. The molecule has 3 aromatic rings. The molecule has 0 atom stereocenters. The Labute approximate surface area is 129 Å². The van der Waals surface area contributed by atoms with E-state index in [-0.39, 0.29) is 11.4 Å². The van der Waals surface area contributed by atoms with Crippen LogP contribution in [0.25, 0.3) is 5.69 Å². The van der Waals surface area contributed by atoms with Crippen LogP contribution in [-0.4, -0.2) is 18.0 Å². The normalized spacial score (nSPS) is 11.5. The predicted molar refractivity (Wildman–Crippen MR) is 84.0 cm³/mol. The van der Waals surface area contributed by atoms with E-state index in [2.05, 4.69) is 9.71 Å². The third kappa shape index (κ3) is 3.08. The Morgan fingerprint density at radius 3 is 2.45 bits per heavy atom. The van der Waals surface area contributed by atoms with Crippen molar-refractivity contribution in [3.63, 3.8) is 0 Å². The molecule has 0 amide bonds. The van der Waals surface area contributed by atoms with E-state index in [0.29, 0.717) is 0 Å². The van der Waals surface area contributed by atoms with E-state index < -0.39 is 10.0 Å². The lowest BCUT2D eigenvalue weighted by Crippen LogP contribution is -2.23. The highest BCUT2D eigenvalue weighted by atomic mass is 32.2. The number of nitrogens with zero attached hydrogens (tertiary/aromatic N) is 2. The molecule has 112 valence electrons. The smallest absolute Gasteiger partial charge is 0.240 e. The summed E-state index contributed by atoms with van der Waals surface area (Å²) in [6.07, 6.45) is 5.19. The molecule has 0 aliphatic rings. The summed E-state index contributed by atoms with van der Waals surface area (Å²) in [5.41, 5.74) is 1.77. The van der Waals surface area contributed by atoms with Crippen molar-refractivity contribution in [1.29, 1.82) is 0 Å². The van der Waals surface area contributed by atoms with Gasteiger partial charge in [-0.1, -0.05) is 36.4 Å². The Morgan fingerprint density at radius 1 is 1.00 bits per heavy atom. The van der Waals surface area contributed by atoms with Gasteiger partial charge in [-0.25, -0.2) is 18.1 Å². The summed E-state index contributed by atoms with van der Waals surface area (Å²) in [5.74, 6) is 0. The summed E-state index contributed by atoms with van der Waals surface area (Å²) in [5, 5.41) is 0. The number of nitrogens with one attached hydrogen (secondary N) is 1. The summed E-state index contributed by atoms with van der Waals surface area (Å²) in [6.45, 7) is 0.214. The molecule has 0 saturated carbocycles. The van der Waals surface area contributed by atoms with Crippen molar-refractivity contribution in [2.24, 2.45) is 0 Å². The van der Waals surface area contributed by atoms with Gasteiger partial charge in [-0.05, 0) is 23.8 Å². The van der Waals surface area contributed by atoms with Crippen molar-refractivity contribution in [3.05, 3.63) is 78.9 Å². The molecule has 1 aromatic heterocycles. The van der Waals surface area contributed by atoms with Crippen molar-refractivity contribution >= 4 is 10.0 Å². The van der Waals surface area contributed by atoms with Crippen molar-refractivity contribution in [3.8, 4) is 5.69 Å². The molecular weight excluding hydrogens is 298 g/mol. The first-order valence-corrected chi connectivity index (χ1v) is 8.26. The molecule has 1 heterocycles. The van der Waals surface area contributed by atoms with Gasteiger partial charge in [0.05, 0.1) is 16.9 Å². The van der Waals surface area contributed by atoms with E-state index in [4.69, 9.17) is 0 Å². The highest BCUT2D eigenvalue weighted by Crippen LogP contribution is 2.15. The van der Waals surface area contributed by atoms with Gasteiger partial charge in [0.15, 0.2) is 0 Å². The minimum absolute atomic E-state index is 0.214. The zero-order chi connectivity index (χ0) is 15.4. The summed E-state index contributed by atoms with van der Waals surface area (Å²) >= 11 is 0. The van der Waals surface area contributed by atoms with Gasteiger partial charge < -0.3 is 4.57 Å². The fraction of sp³-hybridized carbons (Fsp3) is 0.0625. The number of rotatable bonds is 5. The molecule has 6 heteroatoms. The molecule has 1 N–H and O–H groups in total. The maximum Gasteiger partial charge on any atom is 0.240 e. The molecule has 0 aliphatic carbocycles. The zero-order valence-corrected chi connectivity index (χ0v) is 12.6. The largest absolute Gasteiger partial charge is 0.306 e. The average Bonchev–Trinajstić information content (AvgIpc) is 3.08. The van der Waals surface area contributed by atoms with Crippen LogP contribution in [0.15, 0.2) is 78.2 Å². The van der Waals surface area contributed by atoms with Crippen LogP contribution in [0.5, 0.6) is 0 Å². The van der Waals surface area contributed by atoms with E-state index in [0.717, 1.165) is 11.3 Å². The van der Waals surface area contributed by atoms with E-state index in [1.807, 2.05) is 35.0 Å². The van der Waals surface area contributed by atoms with Crippen LogP contribution in [0.1, 0.15) is 5.56 Å². The van der Waals surface area contributed by atoms with Gasteiger partial charge in [-0.15, -0.1) is 0 Å². The molecule has 0 fully saturated rings. The van der Waals surface area contributed by atoms with Crippen LogP contribution < -0.4 is 4.72 Å². The van der Waals surface area contributed by atoms with Gasteiger partial charge in [0, 0.05) is 18.9 Å². The first-order valence-electron chi connectivity index (χ1n) is 6.78. The van der Waals surface area contributed by atoms with E-state index in [1.54, 1.807) is 42.9 Å². The first kappa shape index (κ1) is 14.5. The molecule has 3 rings (SSSR count). The van der Waals surface area contributed by atoms with Gasteiger partial charge in [0.25, 0.3) is 0 Å². The van der Waals surface area contributed by atoms with Gasteiger partial charge in [0.1, 0.15) is 0 Å². The number of para-hydroxylation sites is 1. The second-order valence-corrected chi connectivity index (χ2v) is 6.50. The standard InChI is InChI=1S/C16H15N3O2S/c20-22(21,15-7-2-1-3-8-15)18-12-14-6-4-5-9-16(14)19-11-10-17-13-19/h1-11,13,18H,12H2. The number of hydrogen-bond donors (Lipinski definition) is 1. The molecule has 0 radical (unpaired) electrons. The third-order valence-corrected chi connectivity index (χ3v) is 4.70. The Kier molecular flexibility index (Phi) is 4.04. The Morgan fingerprint density at radius 2 is 1.73 bits per heavy atom. The molecule has 0 spiro atoms. The highest BCUT2D eigenvalue weighted by Gasteiger charge is 2.14. The molecule has 5 nitrogen and oxygen atoms in total. The second-order valence-electron chi connectivity index (χ2n) is 4.74. The monoisotopic (exact) mass is 313 g/mol. The topological polar surface area (TPSA) is 64.0 Å². The number of imidazole rings is 1. The van der Waals surface area contributed by atoms with Crippen molar-refractivity contribution in [2.45, 2.75) is 11.4 Å². The van der Waals surface area contributed by atoms with Crippen molar-refractivity contribution in [1.82, 2.24) is 14.3 Å². The molecule has 0 unspecified atom stereocenters. The van der Waals surface area contributed by atoms with E-state index in [9.17, 15) is 8.42 Å². The summed E-state index contributed by atoms with van der Waals surface area (Å²) in [7, 11) is -3.52. The van der Waals surface area contributed by atoms with Gasteiger partial charge in [-0.3, -0.25) is 0 Å². The van der Waals surface area contributed by atoms with Crippen LogP contribution in [-0.2, 0) is 16.6 Å². The van der Waals surface area contributed by atoms with Crippen LogP contribution in [0, 0.1) is 0 Å². The predicted octanol–water partition coefficient (Wildman–Crippen LogP) is 2.35. The van der Waals surface area contributed by atoms with Crippen LogP contribution >= 0.6 is 0 Å². The lowest BCUT2D eigenvalue weighted by molar-refractivity contribution is 0.581. The average molecular weight is 313 g/mol. The quantitative estimate of drug-likeness (QED) is 0.786. The summed E-state index contributed by atoms with van der Waals surface area (Å²) in [4.78, 5) is 4.28. The summed E-state index contributed by atoms with van der Waals surface area (Å²) in [6, 6.07) is 15.9. The second kappa shape index (κ2) is 6.13. The Hall–Kier alpha value is -2.44. The van der Waals surface area contributed by atoms with Crippen molar-refractivity contribution in [2.75, 3.05) is 0 Å². The maximum atomic E-state index is 12.3. The van der Waals surface area contributed by atoms with Gasteiger partial charge in [0.2, 0.25) is 10.0 Å². The van der Waals surface area contributed by atoms with E-state index in [1.165, 1.54) is 0 Å². The highest BCUT2D eigenvalue weighted by molar-refractivity contribution is 7.89.